The zero-order valence-corrected chi connectivity index (χ0v) is 14.5. The maximum absolute atomic E-state index is 12.6. The fourth-order valence-corrected chi connectivity index (χ4v) is 3.24. The molecule has 1 aliphatic heterocycles. The number of carbonyl (C=O) groups is 1. The second kappa shape index (κ2) is 6.21. The number of hydrogen-bond acceptors (Lipinski definition) is 5. The van der Waals surface area contributed by atoms with E-state index >= 15 is 0 Å². The Hall–Kier alpha value is -2.45. The zero-order valence-electron chi connectivity index (χ0n) is 14.5. The first-order valence-corrected chi connectivity index (χ1v) is 8.19. The van der Waals surface area contributed by atoms with E-state index in [4.69, 9.17) is 0 Å². The SMILES string of the molecule is CC(C)n1c(C2CCCN(C(=O)c3cn(C)nn3)C2)nn(C)c1=O. The third-order valence-corrected chi connectivity index (χ3v) is 4.39. The second-order valence-electron chi connectivity index (χ2n) is 6.60. The van der Waals surface area contributed by atoms with E-state index in [1.54, 1.807) is 29.8 Å². The quantitative estimate of drug-likeness (QED) is 0.806. The maximum atomic E-state index is 12.6. The fraction of sp³-hybridized carbons (Fsp3) is 0.667. The number of aromatic nitrogens is 6. The van der Waals surface area contributed by atoms with Crippen molar-refractivity contribution in [3.63, 3.8) is 0 Å². The lowest BCUT2D eigenvalue weighted by atomic mass is 9.96. The van der Waals surface area contributed by atoms with Gasteiger partial charge in [0.05, 0.1) is 6.20 Å². The van der Waals surface area contributed by atoms with Crippen LogP contribution >= 0.6 is 0 Å². The minimum absolute atomic E-state index is 0.0345. The second-order valence-corrected chi connectivity index (χ2v) is 6.60. The highest BCUT2D eigenvalue weighted by atomic mass is 16.2. The van der Waals surface area contributed by atoms with Crippen molar-refractivity contribution in [3.8, 4) is 0 Å². The molecule has 1 amide bonds. The van der Waals surface area contributed by atoms with E-state index in [9.17, 15) is 9.59 Å². The minimum atomic E-state index is -0.123. The number of rotatable bonds is 3. The molecular weight excluding hydrogens is 310 g/mol. The average Bonchev–Trinajstić information content (AvgIpc) is 3.11. The number of amides is 1. The molecule has 0 spiro atoms. The summed E-state index contributed by atoms with van der Waals surface area (Å²) in [5.74, 6) is 0.687. The van der Waals surface area contributed by atoms with Gasteiger partial charge < -0.3 is 4.90 Å². The molecule has 1 fully saturated rings. The first kappa shape index (κ1) is 16.4. The van der Waals surface area contributed by atoms with Gasteiger partial charge in [-0.3, -0.25) is 14.0 Å². The number of carbonyl (C=O) groups excluding carboxylic acids is 1. The highest BCUT2D eigenvalue weighted by Gasteiger charge is 2.31. The number of likely N-dealkylation sites (tertiary alicyclic amines) is 1. The number of aryl methyl sites for hydroxylation is 2. The molecule has 2 aromatic rings. The molecule has 1 aliphatic rings. The Morgan fingerprint density at radius 3 is 2.71 bits per heavy atom. The Labute approximate surface area is 139 Å². The summed E-state index contributed by atoms with van der Waals surface area (Å²) in [6.07, 6.45) is 3.41. The molecule has 1 saturated heterocycles. The molecule has 130 valence electrons. The van der Waals surface area contributed by atoms with E-state index in [1.165, 1.54) is 9.36 Å². The van der Waals surface area contributed by atoms with Crippen LogP contribution in [0.2, 0.25) is 0 Å². The molecule has 9 nitrogen and oxygen atoms in total. The molecule has 1 unspecified atom stereocenters. The molecule has 0 bridgehead atoms. The molecule has 0 aliphatic carbocycles. The van der Waals surface area contributed by atoms with Crippen molar-refractivity contribution >= 4 is 5.91 Å². The number of piperidine rings is 1. The van der Waals surface area contributed by atoms with Crippen molar-refractivity contribution in [2.75, 3.05) is 13.1 Å². The van der Waals surface area contributed by atoms with Crippen LogP contribution in [0.3, 0.4) is 0 Å². The van der Waals surface area contributed by atoms with Crippen LogP contribution in [0.15, 0.2) is 11.0 Å². The van der Waals surface area contributed by atoms with Gasteiger partial charge in [0.15, 0.2) is 5.69 Å². The Morgan fingerprint density at radius 1 is 1.33 bits per heavy atom. The summed E-state index contributed by atoms with van der Waals surface area (Å²) in [7, 11) is 3.40. The molecule has 3 rings (SSSR count). The van der Waals surface area contributed by atoms with E-state index in [1.807, 2.05) is 13.8 Å². The summed E-state index contributed by atoms with van der Waals surface area (Å²) in [6, 6.07) is 0.0345. The average molecular weight is 333 g/mol. The summed E-state index contributed by atoms with van der Waals surface area (Å²) in [5, 5.41) is 12.1. The number of hydrogen-bond donors (Lipinski definition) is 0. The third-order valence-electron chi connectivity index (χ3n) is 4.39. The standard InChI is InChI=1S/C15H23N7O2/c1-10(2)22-13(17-20(4)15(22)24)11-6-5-7-21(8-11)14(23)12-9-19(3)18-16-12/h9-11H,5-8H2,1-4H3. The van der Waals surface area contributed by atoms with Gasteiger partial charge in [-0.05, 0) is 26.7 Å². The Bertz CT molecular complexity index is 801. The minimum Gasteiger partial charge on any atom is -0.336 e. The van der Waals surface area contributed by atoms with Crippen LogP contribution in [-0.2, 0) is 14.1 Å². The van der Waals surface area contributed by atoms with E-state index in [2.05, 4.69) is 15.4 Å². The lowest BCUT2D eigenvalue weighted by molar-refractivity contribution is 0.0696. The third kappa shape index (κ3) is 2.85. The Kier molecular flexibility index (Phi) is 4.25. The summed E-state index contributed by atoms with van der Waals surface area (Å²) < 4.78 is 4.61. The van der Waals surface area contributed by atoms with Gasteiger partial charge in [-0.15, -0.1) is 5.10 Å². The molecule has 2 aromatic heterocycles. The topological polar surface area (TPSA) is 90.8 Å². The Balaban J connectivity index is 1.85. The first-order chi connectivity index (χ1) is 11.4. The van der Waals surface area contributed by atoms with Crippen molar-refractivity contribution in [2.45, 2.75) is 38.6 Å². The molecule has 0 radical (unpaired) electrons. The van der Waals surface area contributed by atoms with Crippen LogP contribution in [0.5, 0.6) is 0 Å². The zero-order chi connectivity index (χ0) is 17.4. The van der Waals surface area contributed by atoms with E-state index in [0.717, 1.165) is 18.7 Å². The van der Waals surface area contributed by atoms with Crippen molar-refractivity contribution in [2.24, 2.45) is 14.1 Å². The van der Waals surface area contributed by atoms with Crippen LogP contribution in [-0.4, -0.2) is 53.2 Å². The predicted molar refractivity (Wildman–Crippen MR) is 86.7 cm³/mol. The highest BCUT2D eigenvalue weighted by molar-refractivity contribution is 5.92. The van der Waals surface area contributed by atoms with Gasteiger partial charge in [-0.1, -0.05) is 5.21 Å². The lowest BCUT2D eigenvalue weighted by Gasteiger charge is -2.32. The molecule has 0 saturated carbocycles. The summed E-state index contributed by atoms with van der Waals surface area (Å²) in [6.45, 7) is 5.17. The molecule has 0 N–H and O–H groups in total. The van der Waals surface area contributed by atoms with Crippen LogP contribution in [0, 0.1) is 0 Å². The van der Waals surface area contributed by atoms with E-state index < -0.39 is 0 Å². The fourth-order valence-electron chi connectivity index (χ4n) is 3.24. The smallest absolute Gasteiger partial charge is 0.336 e. The Morgan fingerprint density at radius 2 is 2.08 bits per heavy atom. The monoisotopic (exact) mass is 333 g/mol. The van der Waals surface area contributed by atoms with Gasteiger partial charge in [-0.2, -0.15) is 5.10 Å². The first-order valence-electron chi connectivity index (χ1n) is 8.19. The van der Waals surface area contributed by atoms with Crippen LogP contribution < -0.4 is 5.69 Å². The van der Waals surface area contributed by atoms with Gasteiger partial charge >= 0.3 is 5.69 Å². The normalized spacial score (nSPS) is 18.4. The maximum Gasteiger partial charge on any atom is 0.345 e. The van der Waals surface area contributed by atoms with Gasteiger partial charge in [0.2, 0.25) is 0 Å². The highest BCUT2D eigenvalue weighted by Crippen LogP contribution is 2.27. The van der Waals surface area contributed by atoms with E-state index in [0.29, 0.717) is 18.8 Å². The molecular formula is C15H23N7O2. The molecule has 9 heteroatoms. The van der Waals surface area contributed by atoms with Crippen molar-refractivity contribution in [1.82, 2.24) is 34.2 Å². The molecule has 1 atom stereocenters. The lowest BCUT2D eigenvalue weighted by Crippen LogP contribution is -2.40. The van der Waals surface area contributed by atoms with Crippen LogP contribution in [0.4, 0.5) is 0 Å². The molecule has 0 aromatic carbocycles. The van der Waals surface area contributed by atoms with Crippen molar-refractivity contribution in [1.29, 1.82) is 0 Å². The summed E-state index contributed by atoms with van der Waals surface area (Å²) in [5.41, 5.74) is 0.234. The van der Waals surface area contributed by atoms with Crippen LogP contribution in [0.1, 0.15) is 55.0 Å². The van der Waals surface area contributed by atoms with Gasteiger partial charge in [0.1, 0.15) is 5.82 Å². The molecule has 24 heavy (non-hydrogen) atoms. The van der Waals surface area contributed by atoms with Gasteiger partial charge in [-0.25, -0.2) is 9.48 Å². The van der Waals surface area contributed by atoms with Crippen molar-refractivity contribution < 1.29 is 4.79 Å². The summed E-state index contributed by atoms with van der Waals surface area (Å²) in [4.78, 5) is 26.7. The van der Waals surface area contributed by atoms with Crippen molar-refractivity contribution in [3.05, 3.63) is 28.2 Å². The van der Waals surface area contributed by atoms with Crippen LogP contribution in [0.25, 0.3) is 0 Å². The number of nitrogens with zero attached hydrogens (tertiary/aromatic N) is 7. The summed E-state index contributed by atoms with van der Waals surface area (Å²) >= 11 is 0. The molecule has 3 heterocycles. The predicted octanol–water partition coefficient (Wildman–Crippen LogP) is 0.311. The van der Waals surface area contributed by atoms with Gasteiger partial charge in [0.25, 0.3) is 5.91 Å². The van der Waals surface area contributed by atoms with E-state index in [-0.39, 0.29) is 23.6 Å². The van der Waals surface area contributed by atoms with Gasteiger partial charge in [0, 0.05) is 39.1 Å². The largest absolute Gasteiger partial charge is 0.345 e.